The highest BCUT2D eigenvalue weighted by atomic mass is 16.3. The van der Waals surface area contributed by atoms with Gasteiger partial charge in [0.25, 0.3) is 0 Å². The monoisotopic (exact) mass is 217 g/mol. The van der Waals surface area contributed by atoms with Gasteiger partial charge in [0.2, 0.25) is 0 Å². The summed E-state index contributed by atoms with van der Waals surface area (Å²) in [6.45, 7) is 4.07. The summed E-state index contributed by atoms with van der Waals surface area (Å²) in [4.78, 5) is 4.42. The molecule has 4 nitrogen and oxygen atoms in total. The summed E-state index contributed by atoms with van der Waals surface area (Å²) in [5.41, 5.74) is 0.851. The molecule has 1 N–H and O–H groups in total. The Morgan fingerprint density at radius 1 is 1.25 bits per heavy atom. The third kappa shape index (κ3) is 1.91. The Morgan fingerprint density at radius 2 is 2.06 bits per heavy atom. The molecule has 2 rings (SSSR count). The number of aryl methyl sites for hydroxylation is 2. The minimum Gasteiger partial charge on any atom is -0.508 e. The van der Waals surface area contributed by atoms with Gasteiger partial charge in [-0.3, -0.25) is 0 Å². The maximum atomic E-state index is 9.44. The van der Waals surface area contributed by atoms with Crippen LogP contribution in [0.5, 0.6) is 5.75 Å². The normalized spacial score (nSPS) is 10.6. The van der Waals surface area contributed by atoms with Crippen LogP contribution in [-0.4, -0.2) is 19.9 Å². The van der Waals surface area contributed by atoms with Crippen molar-refractivity contribution in [3.8, 4) is 11.4 Å². The third-order valence-corrected chi connectivity index (χ3v) is 2.42. The number of phenolic OH excluding ortho intramolecular Hbond substituents is 1. The number of hydrogen-bond donors (Lipinski definition) is 1. The molecular formula is C12H15N3O. The number of rotatable bonds is 3. The minimum absolute atomic E-state index is 0.244. The van der Waals surface area contributed by atoms with Crippen molar-refractivity contribution in [3.63, 3.8) is 0 Å². The molecule has 16 heavy (non-hydrogen) atoms. The van der Waals surface area contributed by atoms with E-state index in [-0.39, 0.29) is 5.75 Å². The van der Waals surface area contributed by atoms with E-state index in [4.69, 9.17) is 0 Å². The van der Waals surface area contributed by atoms with Gasteiger partial charge >= 0.3 is 0 Å². The number of benzene rings is 1. The van der Waals surface area contributed by atoms with Gasteiger partial charge in [0.1, 0.15) is 11.6 Å². The van der Waals surface area contributed by atoms with Gasteiger partial charge in [0.05, 0.1) is 5.69 Å². The predicted molar refractivity (Wildman–Crippen MR) is 61.8 cm³/mol. The van der Waals surface area contributed by atoms with Crippen LogP contribution in [0.3, 0.4) is 0 Å². The smallest absolute Gasteiger partial charge is 0.151 e. The Kier molecular flexibility index (Phi) is 2.90. The number of aromatic hydroxyl groups is 1. The highest BCUT2D eigenvalue weighted by molar-refractivity contribution is 5.38. The fourth-order valence-corrected chi connectivity index (χ4v) is 1.60. The van der Waals surface area contributed by atoms with Gasteiger partial charge in [0.15, 0.2) is 5.82 Å². The van der Waals surface area contributed by atoms with Crippen molar-refractivity contribution in [1.29, 1.82) is 0 Å². The molecule has 0 saturated heterocycles. The molecule has 2 aromatic rings. The summed E-state index contributed by atoms with van der Waals surface area (Å²) in [5.74, 6) is 2.00. The molecular weight excluding hydrogens is 202 g/mol. The van der Waals surface area contributed by atoms with E-state index in [1.807, 2.05) is 19.9 Å². The van der Waals surface area contributed by atoms with Gasteiger partial charge in [-0.15, -0.1) is 0 Å². The highest BCUT2D eigenvalue weighted by Gasteiger charge is 2.08. The molecule has 0 radical (unpaired) electrons. The van der Waals surface area contributed by atoms with E-state index in [0.717, 1.165) is 30.2 Å². The van der Waals surface area contributed by atoms with E-state index >= 15 is 0 Å². The highest BCUT2D eigenvalue weighted by Crippen LogP contribution is 2.16. The van der Waals surface area contributed by atoms with Crippen molar-refractivity contribution in [2.24, 2.45) is 0 Å². The second kappa shape index (κ2) is 4.35. The Hall–Kier alpha value is -1.84. The summed E-state index contributed by atoms with van der Waals surface area (Å²) in [6, 6.07) is 7.05. The third-order valence-electron chi connectivity index (χ3n) is 2.42. The fourth-order valence-electron chi connectivity index (χ4n) is 1.60. The lowest BCUT2D eigenvalue weighted by molar-refractivity contribution is 0.474. The first-order chi connectivity index (χ1) is 7.74. The van der Waals surface area contributed by atoms with Crippen LogP contribution in [0, 0.1) is 0 Å². The lowest BCUT2D eigenvalue weighted by Crippen LogP contribution is -2.01. The molecule has 0 fully saturated rings. The molecule has 0 saturated carbocycles. The molecule has 1 aromatic heterocycles. The molecule has 1 aromatic carbocycles. The molecule has 0 aliphatic rings. The van der Waals surface area contributed by atoms with Crippen LogP contribution in [0.15, 0.2) is 24.3 Å². The van der Waals surface area contributed by atoms with Gasteiger partial charge in [-0.25, -0.2) is 9.67 Å². The van der Waals surface area contributed by atoms with Crippen molar-refractivity contribution in [1.82, 2.24) is 14.8 Å². The molecule has 0 aliphatic carbocycles. The molecule has 0 atom stereocenters. The van der Waals surface area contributed by atoms with Crippen LogP contribution in [-0.2, 0) is 12.8 Å². The van der Waals surface area contributed by atoms with Crippen molar-refractivity contribution in [2.75, 3.05) is 0 Å². The van der Waals surface area contributed by atoms with Gasteiger partial charge in [0, 0.05) is 18.9 Å². The van der Waals surface area contributed by atoms with E-state index in [0.29, 0.717) is 0 Å². The number of phenols is 1. The van der Waals surface area contributed by atoms with Crippen LogP contribution < -0.4 is 0 Å². The first-order valence-electron chi connectivity index (χ1n) is 5.48. The van der Waals surface area contributed by atoms with E-state index in [1.165, 1.54) is 0 Å². The van der Waals surface area contributed by atoms with Crippen LogP contribution in [0.1, 0.15) is 25.5 Å². The SMILES string of the molecule is CCc1nc(CC)n(-c2cccc(O)c2)n1. The van der Waals surface area contributed by atoms with Crippen LogP contribution in [0.4, 0.5) is 0 Å². The molecule has 4 heteroatoms. The van der Waals surface area contributed by atoms with Crippen molar-refractivity contribution in [3.05, 3.63) is 35.9 Å². The Morgan fingerprint density at radius 3 is 2.69 bits per heavy atom. The average Bonchev–Trinajstić information content (AvgIpc) is 2.72. The molecule has 0 amide bonds. The minimum atomic E-state index is 0.244. The van der Waals surface area contributed by atoms with E-state index in [2.05, 4.69) is 10.1 Å². The summed E-state index contributed by atoms with van der Waals surface area (Å²) in [6.07, 6.45) is 1.64. The number of hydrogen-bond acceptors (Lipinski definition) is 3. The van der Waals surface area contributed by atoms with Crippen LogP contribution >= 0.6 is 0 Å². The number of nitrogens with zero attached hydrogens (tertiary/aromatic N) is 3. The van der Waals surface area contributed by atoms with Crippen molar-refractivity contribution in [2.45, 2.75) is 26.7 Å². The van der Waals surface area contributed by atoms with E-state index < -0.39 is 0 Å². The predicted octanol–water partition coefficient (Wildman–Crippen LogP) is 2.10. The van der Waals surface area contributed by atoms with E-state index in [1.54, 1.807) is 22.9 Å². The zero-order valence-corrected chi connectivity index (χ0v) is 9.51. The lowest BCUT2D eigenvalue weighted by Gasteiger charge is -2.04. The van der Waals surface area contributed by atoms with Crippen LogP contribution in [0.2, 0.25) is 0 Å². The summed E-state index contributed by atoms with van der Waals surface area (Å²) in [7, 11) is 0. The molecule has 0 spiro atoms. The standard InChI is InChI=1S/C12H15N3O/c1-3-11-13-12(4-2)15(14-11)9-6-5-7-10(16)8-9/h5-8,16H,3-4H2,1-2H3. The van der Waals surface area contributed by atoms with Crippen molar-refractivity contribution < 1.29 is 5.11 Å². The topological polar surface area (TPSA) is 50.9 Å². The first kappa shape index (κ1) is 10.7. The maximum absolute atomic E-state index is 9.44. The Balaban J connectivity index is 2.50. The maximum Gasteiger partial charge on any atom is 0.151 e. The molecule has 84 valence electrons. The molecule has 0 unspecified atom stereocenters. The van der Waals surface area contributed by atoms with Gasteiger partial charge in [-0.1, -0.05) is 19.9 Å². The van der Waals surface area contributed by atoms with E-state index in [9.17, 15) is 5.11 Å². The average molecular weight is 217 g/mol. The summed E-state index contributed by atoms with van der Waals surface area (Å²) >= 11 is 0. The zero-order chi connectivity index (χ0) is 11.5. The Bertz CT molecular complexity index is 491. The van der Waals surface area contributed by atoms with Crippen LogP contribution in [0.25, 0.3) is 5.69 Å². The van der Waals surface area contributed by atoms with Gasteiger partial charge in [-0.2, -0.15) is 5.10 Å². The quantitative estimate of drug-likeness (QED) is 0.856. The molecule has 1 heterocycles. The van der Waals surface area contributed by atoms with Gasteiger partial charge < -0.3 is 5.11 Å². The molecule has 0 bridgehead atoms. The Labute approximate surface area is 94.6 Å². The molecule has 0 aliphatic heterocycles. The van der Waals surface area contributed by atoms with Gasteiger partial charge in [-0.05, 0) is 12.1 Å². The largest absolute Gasteiger partial charge is 0.508 e. The fraction of sp³-hybridized carbons (Fsp3) is 0.333. The summed E-state index contributed by atoms with van der Waals surface area (Å²) < 4.78 is 1.79. The second-order valence-corrected chi connectivity index (χ2v) is 3.58. The second-order valence-electron chi connectivity index (χ2n) is 3.58. The number of aromatic nitrogens is 3. The summed E-state index contributed by atoms with van der Waals surface area (Å²) in [5, 5.41) is 13.8. The zero-order valence-electron chi connectivity index (χ0n) is 9.51. The lowest BCUT2D eigenvalue weighted by atomic mass is 10.3. The first-order valence-corrected chi connectivity index (χ1v) is 5.48. The van der Waals surface area contributed by atoms with Crippen molar-refractivity contribution >= 4 is 0 Å².